The lowest BCUT2D eigenvalue weighted by molar-refractivity contribution is 0.415. The minimum atomic E-state index is 0.490. The maximum atomic E-state index is 6.31. The van der Waals surface area contributed by atoms with Crippen molar-refractivity contribution < 1.29 is 4.74 Å². The molecule has 1 fully saturated rings. The number of hydrogen-bond donors (Lipinski definition) is 1. The standard InChI is InChI=1S/C22H22ClN3O/c1-27-20-8-4-16(5-9-20)18-14-21(25-22(23)15-18)17-2-6-19(7-3-17)26-12-10-24-11-13-26/h2-9,14-15,24H,10-13H2,1H3. The van der Waals surface area contributed by atoms with Crippen LogP contribution in [0.15, 0.2) is 60.7 Å². The molecule has 4 rings (SSSR count). The minimum Gasteiger partial charge on any atom is -0.497 e. The summed E-state index contributed by atoms with van der Waals surface area (Å²) in [5, 5.41) is 3.87. The van der Waals surface area contributed by atoms with Gasteiger partial charge in [0.15, 0.2) is 0 Å². The van der Waals surface area contributed by atoms with E-state index in [9.17, 15) is 0 Å². The zero-order valence-electron chi connectivity index (χ0n) is 15.3. The van der Waals surface area contributed by atoms with Crippen LogP contribution >= 0.6 is 11.6 Å². The van der Waals surface area contributed by atoms with Crippen LogP contribution in [-0.2, 0) is 0 Å². The Kier molecular flexibility index (Phi) is 5.28. The number of halogens is 1. The number of anilines is 1. The molecule has 1 N–H and O–H groups in total. The van der Waals surface area contributed by atoms with Crippen molar-refractivity contribution in [1.82, 2.24) is 10.3 Å². The van der Waals surface area contributed by atoms with Gasteiger partial charge in [0, 0.05) is 37.4 Å². The monoisotopic (exact) mass is 379 g/mol. The quantitative estimate of drug-likeness (QED) is 0.678. The molecule has 2 aromatic carbocycles. The third-order valence-corrected chi connectivity index (χ3v) is 5.06. The molecule has 0 atom stereocenters. The Labute approximate surface area is 164 Å². The number of pyridine rings is 1. The SMILES string of the molecule is COc1ccc(-c2cc(Cl)nc(-c3ccc(N4CCNCC4)cc3)c2)cc1. The van der Waals surface area contributed by atoms with Gasteiger partial charge in [-0.05, 0) is 47.5 Å². The summed E-state index contributed by atoms with van der Waals surface area (Å²) in [6.07, 6.45) is 0. The van der Waals surface area contributed by atoms with E-state index >= 15 is 0 Å². The van der Waals surface area contributed by atoms with Crippen molar-refractivity contribution in [2.24, 2.45) is 0 Å². The fraction of sp³-hybridized carbons (Fsp3) is 0.227. The smallest absolute Gasteiger partial charge is 0.130 e. The van der Waals surface area contributed by atoms with E-state index in [1.807, 2.05) is 30.3 Å². The van der Waals surface area contributed by atoms with Crippen LogP contribution in [0, 0.1) is 0 Å². The summed E-state index contributed by atoms with van der Waals surface area (Å²) in [6, 6.07) is 20.5. The highest BCUT2D eigenvalue weighted by atomic mass is 35.5. The molecule has 1 aromatic heterocycles. The maximum absolute atomic E-state index is 6.31. The summed E-state index contributed by atoms with van der Waals surface area (Å²) in [4.78, 5) is 6.92. The second-order valence-electron chi connectivity index (χ2n) is 6.58. The van der Waals surface area contributed by atoms with Crippen LogP contribution in [0.2, 0.25) is 5.15 Å². The van der Waals surface area contributed by atoms with E-state index in [4.69, 9.17) is 16.3 Å². The second kappa shape index (κ2) is 7.99. The van der Waals surface area contributed by atoms with E-state index in [0.717, 1.165) is 54.3 Å². The van der Waals surface area contributed by atoms with Crippen molar-refractivity contribution in [3.05, 3.63) is 65.8 Å². The van der Waals surface area contributed by atoms with Gasteiger partial charge in [0.25, 0.3) is 0 Å². The first-order chi connectivity index (χ1) is 13.2. The van der Waals surface area contributed by atoms with Gasteiger partial charge in [0.2, 0.25) is 0 Å². The van der Waals surface area contributed by atoms with Gasteiger partial charge in [0.05, 0.1) is 12.8 Å². The second-order valence-corrected chi connectivity index (χ2v) is 6.96. The molecule has 138 valence electrons. The van der Waals surface area contributed by atoms with Crippen molar-refractivity contribution in [3.8, 4) is 28.1 Å². The Hall–Kier alpha value is -2.56. The highest BCUT2D eigenvalue weighted by Gasteiger charge is 2.11. The first-order valence-electron chi connectivity index (χ1n) is 9.11. The number of piperazine rings is 1. The van der Waals surface area contributed by atoms with Gasteiger partial charge < -0.3 is 15.0 Å². The number of nitrogens with one attached hydrogen (secondary N) is 1. The zero-order chi connectivity index (χ0) is 18.6. The lowest BCUT2D eigenvalue weighted by Gasteiger charge is -2.29. The van der Waals surface area contributed by atoms with Crippen molar-refractivity contribution >= 4 is 17.3 Å². The molecule has 0 saturated carbocycles. The summed E-state index contributed by atoms with van der Waals surface area (Å²) in [6.45, 7) is 4.14. The number of methoxy groups -OCH3 is 1. The number of nitrogens with zero attached hydrogens (tertiary/aromatic N) is 2. The third kappa shape index (κ3) is 4.07. The molecular weight excluding hydrogens is 358 g/mol. The number of ether oxygens (including phenoxy) is 1. The molecule has 0 bridgehead atoms. The van der Waals surface area contributed by atoms with Crippen LogP contribution in [0.4, 0.5) is 5.69 Å². The van der Waals surface area contributed by atoms with E-state index in [0.29, 0.717) is 5.15 Å². The van der Waals surface area contributed by atoms with Gasteiger partial charge in [-0.25, -0.2) is 4.98 Å². The van der Waals surface area contributed by atoms with E-state index in [1.165, 1.54) is 5.69 Å². The summed E-state index contributed by atoms with van der Waals surface area (Å²) in [7, 11) is 1.67. The molecule has 0 radical (unpaired) electrons. The fourth-order valence-corrected chi connectivity index (χ4v) is 3.57. The highest BCUT2D eigenvalue weighted by Crippen LogP contribution is 2.30. The van der Waals surface area contributed by atoms with Gasteiger partial charge in [-0.2, -0.15) is 0 Å². The zero-order valence-corrected chi connectivity index (χ0v) is 16.0. The summed E-state index contributed by atoms with van der Waals surface area (Å²) < 4.78 is 5.24. The van der Waals surface area contributed by atoms with E-state index in [1.54, 1.807) is 7.11 Å². The van der Waals surface area contributed by atoms with Crippen molar-refractivity contribution in [2.45, 2.75) is 0 Å². The molecule has 0 spiro atoms. The molecule has 3 aromatic rings. The van der Waals surface area contributed by atoms with Crippen molar-refractivity contribution in [1.29, 1.82) is 0 Å². The van der Waals surface area contributed by atoms with E-state index < -0.39 is 0 Å². The molecular formula is C22H22ClN3O. The molecule has 1 saturated heterocycles. The first kappa shape index (κ1) is 17.8. The molecule has 5 heteroatoms. The number of aromatic nitrogens is 1. The maximum Gasteiger partial charge on any atom is 0.130 e. The van der Waals surface area contributed by atoms with Gasteiger partial charge in [0.1, 0.15) is 10.9 Å². The summed E-state index contributed by atoms with van der Waals surface area (Å²) in [5.74, 6) is 0.836. The Morgan fingerprint density at radius 3 is 2.22 bits per heavy atom. The number of benzene rings is 2. The average Bonchev–Trinajstić information content (AvgIpc) is 2.74. The van der Waals surface area contributed by atoms with Gasteiger partial charge in [-0.1, -0.05) is 35.9 Å². The van der Waals surface area contributed by atoms with Crippen molar-refractivity contribution in [3.63, 3.8) is 0 Å². The molecule has 1 aliphatic heterocycles. The summed E-state index contributed by atoms with van der Waals surface area (Å²) >= 11 is 6.31. The average molecular weight is 380 g/mol. The van der Waals surface area contributed by atoms with Crippen LogP contribution in [-0.4, -0.2) is 38.3 Å². The Bertz CT molecular complexity index is 904. The lowest BCUT2D eigenvalue weighted by Crippen LogP contribution is -2.43. The fourth-order valence-electron chi connectivity index (χ4n) is 3.36. The number of rotatable bonds is 4. The predicted octanol–water partition coefficient (Wildman–Crippen LogP) is 4.49. The summed E-state index contributed by atoms with van der Waals surface area (Å²) in [5.41, 5.74) is 5.31. The molecule has 1 aliphatic rings. The van der Waals surface area contributed by atoms with Crippen molar-refractivity contribution in [2.75, 3.05) is 38.2 Å². The normalized spacial score (nSPS) is 14.2. The predicted molar refractivity (Wildman–Crippen MR) is 112 cm³/mol. The first-order valence-corrected chi connectivity index (χ1v) is 9.49. The van der Waals surface area contributed by atoms with Gasteiger partial charge in [-0.15, -0.1) is 0 Å². The molecule has 0 amide bonds. The minimum absolute atomic E-state index is 0.490. The van der Waals surface area contributed by atoms with E-state index in [2.05, 4.69) is 45.5 Å². The molecule has 0 aliphatic carbocycles. The lowest BCUT2D eigenvalue weighted by atomic mass is 10.0. The van der Waals surface area contributed by atoms with Crippen LogP contribution in [0.5, 0.6) is 5.75 Å². The Morgan fingerprint density at radius 2 is 1.56 bits per heavy atom. The largest absolute Gasteiger partial charge is 0.497 e. The topological polar surface area (TPSA) is 37.4 Å². The molecule has 2 heterocycles. The van der Waals surface area contributed by atoms with Crippen LogP contribution in [0.3, 0.4) is 0 Å². The van der Waals surface area contributed by atoms with Crippen LogP contribution in [0.1, 0.15) is 0 Å². The molecule has 0 unspecified atom stereocenters. The number of hydrogen-bond acceptors (Lipinski definition) is 4. The van der Waals surface area contributed by atoms with Crippen LogP contribution < -0.4 is 15.0 Å². The van der Waals surface area contributed by atoms with Gasteiger partial charge >= 0.3 is 0 Å². The van der Waals surface area contributed by atoms with Crippen LogP contribution in [0.25, 0.3) is 22.4 Å². The Balaban J connectivity index is 1.62. The highest BCUT2D eigenvalue weighted by molar-refractivity contribution is 6.29. The Morgan fingerprint density at radius 1 is 0.889 bits per heavy atom. The van der Waals surface area contributed by atoms with E-state index in [-0.39, 0.29) is 0 Å². The van der Waals surface area contributed by atoms with Gasteiger partial charge in [-0.3, -0.25) is 0 Å². The molecule has 4 nitrogen and oxygen atoms in total. The third-order valence-electron chi connectivity index (χ3n) is 4.86. The molecule has 27 heavy (non-hydrogen) atoms.